The Kier molecular flexibility index (Phi) is 4.35. The number of methoxy groups -OCH3 is 2. The predicted molar refractivity (Wildman–Crippen MR) is 70.5 cm³/mol. The monoisotopic (exact) mass is 276 g/mol. The number of carbonyl (C=O) groups is 1. The van der Waals surface area contributed by atoms with E-state index < -0.39 is 5.97 Å². The van der Waals surface area contributed by atoms with E-state index in [4.69, 9.17) is 4.74 Å². The summed E-state index contributed by atoms with van der Waals surface area (Å²) in [7, 11) is 2.93. The maximum absolute atomic E-state index is 11.4. The van der Waals surface area contributed by atoms with Crippen LogP contribution in [0.25, 0.3) is 0 Å². The summed E-state index contributed by atoms with van der Waals surface area (Å²) in [6.07, 6.45) is 2.98. The van der Waals surface area contributed by atoms with Gasteiger partial charge in [0, 0.05) is 4.90 Å². The number of benzene rings is 1. The van der Waals surface area contributed by atoms with Crippen molar-refractivity contribution in [3.8, 4) is 5.75 Å². The van der Waals surface area contributed by atoms with Crippen molar-refractivity contribution in [2.45, 2.75) is 9.92 Å². The summed E-state index contributed by atoms with van der Waals surface area (Å²) >= 11 is 1.41. The molecule has 19 heavy (non-hydrogen) atoms. The van der Waals surface area contributed by atoms with E-state index in [1.807, 2.05) is 24.3 Å². The summed E-state index contributed by atoms with van der Waals surface area (Å²) in [6.45, 7) is 0. The average Bonchev–Trinajstić information content (AvgIpc) is 2.47. The maximum Gasteiger partial charge on any atom is 0.358 e. The molecule has 0 atom stereocenters. The Morgan fingerprint density at radius 2 is 1.89 bits per heavy atom. The van der Waals surface area contributed by atoms with Gasteiger partial charge >= 0.3 is 5.97 Å². The molecular weight excluding hydrogens is 264 g/mol. The summed E-state index contributed by atoms with van der Waals surface area (Å²) in [5.41, 5.74) is 0.195. The number of esters is 1. The lowest BCUT2D eigenvalue weighted by Gasteiger charge is -2.04. The SMILES string of the molecule is COC(=O)c1cncc(Sc2ccc(OC)cc2)n1. The predicted octanol–water partition coefficient (Wildman–Crippen LogP) is 2.42. The molecule has 0 unspecified atom stereocenters. The number of aromatic nitrogens is 2. The quantitative estimate of drug-likeness (QED) is 0.799. The van der Waals surface area contributed by atoms with Crippen LogP contribution in [-0.2, 0) is 4.74 Å². The Balaban J connectivity index is 2.16. The maximum atomic E-state index is 11.4. The van der Waals surface area contributed by atoms with Crippen LogP contribution in [0.15, 0.2) is 46.6 Å². The number of carbonyl (C=O) groups excluding carboxylic acids is 1. The summed E-state index contributed by atoms with van der Waals surface area (Å²) in [4.78, 5) is 20.5. The summed E-state index contributed by atoms with van der Waals surface area (Å²) < 4.78 is 9.69. The minimum Gasteiger partial charge on any atom is -0.497 e. The first-order chi connectivity index (χ1) is 9.22. The van der Waals surface area contributed by atoms with Gasteiger partial charge in [-0.2, -0.15) is 0 Å². The molecule has 0 saturated carbocycles. The van der Waals surface area contributed by atoms with Crippen LogP contribution in [0, 0.1) is 0 Å². The molecule has 2 rings (SSSR count). The van der Waals surface area contributed by atoms with Crippen LogP contribution in [0.2, 0.25) is 0 Å². The Labute approximate surface area is 115 Å². The van der Waals surface area contributed by atoms with E-state index in [0.717, 1.165) is 10.6 Å². The fourth-order valence-electron chi connectivity index (χ4n) is 1.36. The lowest BCUT2D eigenvalue weighted by atomic mass is 10.3. The topological polar surface area (TPSA) is 61.3 Å². The van der Waals surface area contributed by atoms with Gasteiger partial charge in [-0.1, -0.05) is 11.8 Å². The van der Waals surface area contributed by atoms with Crippen molar-refractivity contribution in [3.05, 3.63) is 42.4 Å². The minimum atomic E-state index is -0.496. The third-order valence-corrected chi connectivity index (χ3v) is 3.20. The van der Waals surface area contributed by atoms with Crippen LogP contribution in [0.4, 0.5) is 0 Å². The molecule has 1 heterocycles. The van der Waals surface area contributed by atoms with Crippen molar-refractivity contribution < 1.29 is 14.3 Å². The first-order valence-electron chi connectivity index (χ1n) is 5.45. The second-order valence-electron chi connectivity index (χ2n) is 3.51. The van der Waals surface area contributed by atoms with Gasteiger partial charge in [-0.25, -0.2) is 9.78 Å². The third kappa shape index (κ3) is 3.45. The van der Waals surface area contributed by atoms with Crippen LogP contribution < -0.4 is 4.74 Å². The molecule has 0 saturated heterocycles. The molecule has 0 spiro atoms. The molecule has 0 amide bonds. The van der Waals surface area contributed by atoms with Crippen LogP contribution in [0.5, 0.6) is 5.75 Å². The fraction of sp³-hybridized carbons (Fsp3) is 0.154. The normalized spacial score (nSPS) is 10.0. The van der Waals surface area contributed by atoms with Gasteiger partial charge in [0.05, 0.1) is 26.6 Å². The molecule has 0 aliphatic rings. The highest BCUT2D eigenvalue weighted by atomic mass is 32.2. The van der Waals surface area contributed by atoms with Crippen LogP contribution in [-0.4, -0.2) is 30.2 Å². The van der Waals surface area contributed by atoms with Gasteiger partial charge in [0.1, 0.15) is 10.8 Å². The van der Waals surface area contributed by atoms with Gasteiger partial charge in [0.15, 0.2) is 5.69 Å². The highest BCUT2D eigenvalue weighted by Gasteiger charge is 2.09. The van der Waals surface area contributed by atoms with Crippen LogP contribution in [0.3, 0.4) is 0 Å². The highest BCUT2D eigenvalue weighted by Crippen LogP contribution is 2.27. The van der Waals surface area contributed by atoms with Crippen molar-refractivity contribution in [2.24, 2.45) is 0 Å². The van der Waals surface area contributed by atoms with Crippen LogP contribution in [0.1, 0.15) is 10.5 Å². The number of ether oxygens (including phenoxy) is 2. The van der Waals surface area contributed by atoms with E-state index in [2.05, 4.69) is 14.7 Å². The third-order valence-electron chi connectivity index (χ3n) is 2.29. The van der Waals surface area contributed by atoms with E-state index in [0.29, 0.717) is 5.03 Å². The Hall–Kier alpha value is -2.08. The van der Waals surface area contributed by atoms with Crippen molar-refractivity contribution >= 4 is 17.7 Å². The molecule has 0 aliphatic heterocycles. The lowest BCUT2D eigenvalue weighted by Crippen LogP contribution is -2.05. The van der Waals surface area contributed by atoms with Crippen molar-refractivity contribution in [2.75, 3.05) is 14.2 Å². The van der Waals surface area contributed by atoms with Gasteiger partial charge in [0.25, 0.3) is 0 Å². The zero-order valence-corrected chi connectivity index (χ0v) is 11.3. The summed E-state index contributed by atoms with van der Waals surface area (Å²) in [5.74, 6) is 0.295. The molecule has 6 heteroatoms. The van der Waals surface area contributed by atoms with Crippen molar-refractivity contribution in [1.29, 1.82) is 0 Å². The Morgan fingerprint density at radius 1 is 1.16 bits per heavy atom. The molecule has 5 nitrogen and oxygen atoms in total. The molecule has 0 fully saturated rings. The van der Waals surface area contributed by atoms with Crippen molar-refractivity contribution in [3.63, 3.8) is 0 Å². The Bertz CT molecular complexity index is 572. The number of rotatable bonds is 4. The second-order valence-corrected chi connectivity index (χ2v) is 4.61. The largest absolute Gasteiger partial charge is 0.497 e. The summed E-state index contributed by atoms with van der Waals surface area (Å²) in [6, 6.07) is 7.55. The number of nitrogens with zero attached hydrogens (tertiary/aromatic N) is 2. The van der Waals surface area contributed by atoms with Gasteiger partial charge in [-0.15, -0.1) is 0 Å². The molecule has 0 bridgehead atoms. The lowest BCUT2D eigenvalue weighted by molar-refractivity contribution is 0.0592. The molecule has 0 aliphatic carbocycles. The van der Waals surface area contributed by atoms with E-state index in [1.165, 1.54) is 25.1 Å². The molecule has 1 aromatic carbocycles. The smallest absolute Gasteiger partial charge is 0.358 e. The molecule has 2 aromatic rings. The molecular formula is C13H12N2O3S. The first kappa shape index (κ1) is 13.4. The van der Waals surface area contributed by atoms with E-state index in [-0.39, 0.29) is 5.69 Å². The standard InChI is InChI=1S/C13H12N2O3S/c1-17-9-3-5-10(6-4-9)19-12-8-14-7-11(15-12)13(16)18-2/h3-8H,1-2H3. The van der Waals surface area contributed by atoms with Crippen LogP contribution >= 0.6 is 11.8 Å². The van der Waals surface area contributed by atoms with E-state index in [9.17, 15) is 4.79 Å². The first-order valence-corrected chi connectivity index (χ1v) is 6.27. The Morgan fingerprint density at radius 3 is 2.53 bits per heavy atom. The van der Waals surface area contributed by atoms with E-state index in [1.54, 1.807) is 13.3 Å². The highest BCUT2D eigenvalue weighted by molar-refractivity contribution is 7.99. The number of hydrogen-bond donors (Lipinski definition) is 0. The van der Waals surface area contributed by atoms with E-state index >= 15 is 0 Å². The molecule has 1 aromatic heterocycles. The zero-order chi connectivity index (χ0) is 13.7. The second kappa shape index (κ2) is 6.19. The molecule has 0 radical (unpaired) electrons. The fourth-order valence-corrected chi connectivity index (χ4v) is 2.14. The van der Waals surface area contributed by atoms with Gasteiger partial charge in [-0.3, -0.25) is 4.98 Å². The van der Waals surface area contributed by atoms with Gasteiger partial charge in [0.2, 0.25) is 0 Å². The van der Waals surface area contributed by atoms with Gasteiger partial charge in [-0.05, 0) is 24.3 Å². The average molecular weight is 276 g/mol. The molecule has 0 N–H and O–H groups in total. The van der Waals surface area contributed by atoms with Gasteiger partial charge < -0.3 is 9.47 Å². The molecule has 98 valence electrons. The summed E-state index contributed by atoms with van der Waals surface area (Å²) in [5, 5.41) is 0.632. The zero-order valence-electron chi connectivity index (χ0n) is 10.5. The van der Waals surface area contributed by atoms with Crippen molar-refractivity contribution in [1.82, 2.24) is 9.97 Å². The number of hydrogen-bond acceptors (Lipinski definition) is 6. The minimum absolute atomic E-state index is 0.195.